The maximum absolute atomic E-state index is 13.2. The number of hydrogen-bond donors (Lipinski definition) is 2. The Balaban J connectivity index is 2.24. The highest BCUT2D eigenvalue weighted by molar-refractivity contribution is 5.41. The molecular weight excluding hydrogens is 206 g/mol. The fourth-order valence-electron chi connectivity index (χ4n) is 1.58. The Labute approximate surface area is 84.8 Å². The summed E-state index contributed by atoms with van der Waals surface area (Å²) in [7, 11) is 0. The molecular formula is C9H10F2N2O2. The average molecular weight is 216 g/mol. The Hall–Kier alpha value is -1.27. The van der Waals surface area contributed by atoms with Crippen molar-refractivity contribution in [2.75, 3.05) is 18.0 Å². The predicted octanol–water partition coefficient (Wildman–Crippen LogP) is -0.0984. The lowest BCUT2D eigenvalue weighted by molar-refractivity contribution is 0.0572. The largest absolute Gasteiger partial charge is 0.389 e. The summed E-state index contributed by atoms with van der Waals surface area (Å²) in [6.07, 6.45) is -0.942. The molecule has 2 heterocycles. The van der Waals surface area contributed by atoms with Gasteiger partial charge in [0.15, 0.2) is 11.6 Å². The van der Waals surface area contributed by atoms with Gasteiger partial charge in [0.25, 0.3) is 0 Å². The number of nitrogens with zero attached hydrogens (tertiary/aromatic N) is 2. The molecule has 2 N–H and O–H groups in total. The second-order valence-electron chi connectivity index (χ2n) is 3.50. The number of aliphatic hydroxyl groups excluding tert-OH is 2. The van der Waals surface area contributed by atoms with Crippen molar-refractivity contribution in [1.82, 2.24) is 4.98 Å². The summed E-state index contributed by atoms with van der Waals surface area (Å²) in [6.45, 7) is 0.188. The predicted molar refractivity (Wildman–Crippen MR) is 48.4 cm³/mol. The molecule has 1 saturated heterocycles. The van der Waals surface area contributed by atoms with Gasteiger partial charge in [-0.2, -0.15) is 0 Å². The fraction of sp³-hybridized carbons (Fsp3) is 0.444. The van der Waals surface area contributed by atoms with Crippen LogP contribution in [0.3, 0.4) is 0 Å². The van der Waals surface area contributed by atoms with Crippen molar-refractivity contribution in [3.63, 3.8) is 0 Å². The third-order valence-corrected chi connectivity index (χ3v) is 2.35. The van der Waals surface area contributed by atoms with Crippen LogP contribution < -0.4 is 4.90 Å². The van der Waals surface area contributed by atoms with E-state index in [2.05, 4.69) is 4.98 Å². The Morgan fingerprint density at radius 1 is 1.27 bits per heavy atom. The number of aromatic nitrogens is 1. The van der Waals surface area contributed by atoms with E-state index in [1.54, 1.807) is 0 Å². The number of anilines is 1. The molecule has 6 heteroatoms. The van der Waals surface area contributed by atoms with Crippen LogP contribution in [0.2, 0.25) is 0 Å². The second-order valence-corrected chi connectivity index (χ2v) is 3.50. The van der Waals surface area contributed by atoms with Crippen LogP contribution in [0.15, 0.2) is 12.3 Å². The third-order valence-electron chi connectivity index (χ3n) is 2.35. The molecule has 1 aliphatic rings. The van der Waals surface area contributed by atoms with Gasteiger partial charge in [0.1, 0.15) is 5.82 Å². The maximum Gasteiger partial charge on any atom is 0.168 e. The molecule has 0 spiro atoms. The van der Waals surface area contributed by atoms with Gasteiger partial charge in [0.2, 0.25) is 0 Å². The van der Waals surface area contributed by atoms with E-state index in [0.29, 0.717) is 0 Å². The molecule has 2 atom stereocenters. The molecule has 0 aliphatic carbocycles. The summed E-state index contributed by atoms with van der Waals surface area (Å²) in [4.78, 5) is 4.96. The number of aliphatic hydroxyl groups is 2. The maximum atomic E-state index is 13.2. The molecule has 4 nitrogen and oxygen atoms in total. The van der Waals surface area contributed by atoms with Crippen LogP contribution in [0.5, 0.6) is 0 Å². The molecule has 0 amide bonds. The van der Waals surface area contributed by atoms with Gasteiger partial charge in [0, 0.05) is 19.2 Å². The Morgan fingerprint density at radius 3 is 2.40 bits per heavy atom. The molecule has 1 aliphatic heterocycles. The van der Waals surface area contributed by atoms with E-state index in [-0.39, 0.29) is 18.9 Å². The molecule has 0 saturated carbocycles. The second kappa shape index (κ2) is 3.71. The smallest absolute Gasteiger partial charge is 0.168 e. The number of pyridine rings is 1. The zero-order chi connectivity index (χ0) is 11.0. The number of hydrogen-bond acceptors (Lipinski definition) is 4. The van der Waals surface area contributed by atoms with Gasteiger partial charge < -0.3 is 15.1 Å². The first-order valence-corrected chi connectivity index (χ1v) is 4.50. The first-order valence-electron chi connectivity index (χ1n) is 4.50. The number of halogens is 2. The number of β-amino-alcohol motifs (C(OH)–C–C–N with tert-alkyl or cyclic N) is 2. The summed E-state index contributed by atoms with van der Waals surface area (Å²) in [6, 6.07) is 0.722. The monoisotopic (exact) mass is 216 g/mol. The summed E-state index contributed by atoms with van der Waals surface area (Å²) < 4.78 is 25.8. The van der Waals surface area contributed by atoms with Gasteiger partial charge in [-0.25, -0.2) is 13.8 Å². The molecule has 0 radical (unpaired) electrons. The van der Waals surface area contributed by atoms with Crippen molar-refractivity contribution in [2.24, 2.45) is 0 Å². The Bertz CT molecular complexity index is 365. The van der Waals surface area contributed by atoms with Gasteiger partial charge in [-0.1, -0.05) is 0 Å². The lowest BCUT2D eigenvalue weighted by Gasteiger charge is -2.16. The van der Waals surface area contributed by atoms with Gasteiger partial charge in [-0.15, -0.1) is 0 Å². The normalized spacial score (nSPS) is 26.0. The molecule has 2 rings (SSSR count). The van der Waals surface area contributed by atoms with E-state index in [1.165, 1.54) is 4.90 Å². The Morgan fingerprint density at radius 2 is 1.87 bits per heavy atom. The minimum Gasteiger partial charge on any atom is -0.389 e. The highest BCUT2D eigenvalue weighted by Crippen LogP contribution is 2.21. The van der Waals surface area contributed by atoms with E-state index < -0.39 is 23.8 Å². The van der Waals surface area contributed by atoms with E-state index in [4.69, 9.17) is 0 Å². The van der Waals surface area contributed by atoms with Crippen LogP contribution in [-0.2, 0) is 0 Å². The van der Waals surface area contributed by atoms with Crippen molar-refractivity contribution in [2.45, 2.75) is 12.2 Å². The van der Waals surface area contributed by atoms with Gasteiger partial charge in [-0.05, 0) is 0 Å². The molecule has 15 heavy (non-hydrogen) atoms. The van der Waals surface area contributed by atoms with Crippen molar-refractivity contribution in [3.05, 3.63) is 23.9 Å². The van der Waals surface area contributed by atoms with Gasteiger partial charge >= 0.3 is 0 Å². The number of rotatable bonds is 1. The summed E-state index contributed by atoms with van der Waals surface area (Å²) >= 11 is 0. The molecule has 0 aromatic carbocycles. The molecule has 1 aromatic rings. The molecule has 1 aromatic heterocycles. The van der Waals surface area contributed by atoms with E-state index in [1.807, 2.05) is 0 Å². The highest BCUT2D eigenvalue weighted by atomic mass is 19.1. The van der Waals surface area contributed by atoms with Crippen LogP contribution in [-0.4, -0.2) is 40.5 Å². The molecule has 1 fully saturated rings. The fourth-order valence-corrected chi connectivity index (χ4v) is 1.58. The summed E-state index contributed by atoms with van der Waals surface area (Å²) in [5.41, 5.74) is 0. The lowest BCUT2D eigenvalue weighted by atomic mass is 10.3. The molecule has 2 unspecified atom stereocenters. The first-order chi connectivity index (χ1) is 7.08. The molecule has 0 bridgehead atoms. The minimum absolute atomic E-state index is 0.0491. The first kappa shape index (κ1) is 10.3. The minimum atomic E-state index is -0.920. The van der Waals surface area contributed by atoms with Crippen molar-refractivity contribution in [3.8, 4) is 0 Å². The molecule has 82 valence electrons. The average Bonchev–Trinajstić information content (AvgIpc) is 2.46. The van der Waals surface area contributed by atoms with Crippen LogP contribution in [0.4, 0.5) is 14.6 Å². The van der Waals surface area contributed by atoms with Crippen LogP contribution >= 0.6 is 0 Å². The zero-order valence-electron chi connectivity index (χ0n) is 7.77. The SMILES string of the molecule is OC1CN(c2ncc(F)cc2F)CC1O. The zero-order valence-corrected chi connectivity index (χ0v) is 7.77. The lowest BCUT2D eigenvalue weighted by Crippen LogP contribution is -2.23. The van der Waals surface area contributed by atoms with Crippen LogP contribution in [0.1, 0.15) is 0 Å². The van der Waals surface area contributed by atoms with E-state index in [0.717, 1.165) is 12.3 Å². The van der Waals surface area contributed by atoms with Crippen molar-refractivity contribution in [1.29, 1.82) is 0 Å². The summed E-state index contributed by atoms with van der Waals surface area (Å²) in [5, 5.41) is 18.5. The standard InChI is InChI=1S/C9H10F2N2O2/c10-5-1-6(11)9(12-2-5)13-3-7(14)8(15)4-13/h1-2,7-8,14-15H,3-4H2. The van der Waals surface area contributed by atoms with E-state index >= 15 is 0 Å². The van der Waals surface area contributed by atoms with Gasteiger partial charge in [-0.3, -0.25) is 0 Å². The van der Waals surface area contributed by atoms with Crippen molar-refractivity contribution >= 4 is 5.82 Å². The summed E-state index contributed by atoms with van der Waals surface area (Å²) in [5.74, 6) is -1.60. The third kappa shape index (κ3) is 1.91. The quantitative estimate of drug-likeness (QED) is 0.688. The van der Waals surface area contributed by atoms with E-state index in [9.17, 15) is 19.0 Å². The van der Waals surface area contributed by atoms with Crippen LogP contribution in [0, 0.1) is 11.6 Å². The van der Waals surface area contributed by atoms with Gasteiger partial charge in [0.05, 0.1) is 18.4 Å². The topological polar surface area (TPSA) is 56.6 Å². The van der Waals surface area contributed by atoms with Crippen LogP contribution in [0.25, 0.3) is 0 Å². The highest BCUT2D eigenvalue weighted by Gasteiger charge is 2.31. The van der Waals surface area contributed by atoms with Crippen molar-refractivity contribution < 1.29 is 19.0 Å². The Kier molecular flexibility index (Phi) is 2.54.